The van der Waals surface area contributed by atoms with Crippen LogP contribution < -0.4 is 0 Å². The van der Waals surface area contributed by atoms with Crippen molar-refractivity contribution >= 4 is 48.1 Å². The van der Waals surface area contributed by atoms with Crippen LogP contribution >= 0.6 is 11.3 Å². The lowest BCUT2D eigenvalue weighted by molar-refractivity contribution is 0.331. The number of para-hydroxylation sites is 2. The van der Waals surface area contributed by atoms with E-state index in [2.05, 4.69) is 149 Å². The molecule has 51 heavy (non-hydrogen) atoms. The molecular formula is C48H42N2S. The summed E-state index contributed by atoms with van der Waals surface area (Å²) in [6, 6.07) is 38.1. The lowest BCUT2D eigenvalue weighted by Crippen LogP contribution is -2.34. The van der Waals surface area contributed by atoms with Crippen molar-refractivity contribution in [2.45, 2.75) is 70.1 Å². The van der Waals surface area contributed by atoms with E-state index < -0.39 is 0 Å². The summed E-state index contributed by atoms with van der Waals surface area (Å²) in [6.07, 6.45) is 11.8. The second-order valence-electron chi connectivity index (χ2n) is 16.3. The van der Waals surface area contributed by atoms with Crippen LogP contribution in [0.25, 0.3) is 59.2 Å². The van der Waals surface area contributed by atoms with E-state index in [4.69, 9.17) is 9.97 Å². The van der Waals surface area contributed by atoms with Crippen molar-refractivity contribution in [3.05, 3.63) is 149 Å². The van der Waals surface area contributed by atoms with Crippen LogP contribution in [-0.2, 0) is 17.3 Å². The molecule has 3 aliphatic carbocycles. The zero-order valence-corrected chi connectivity index (χ0v) is 30.6. The van der Waals surface area contributed by atoms with E-state index in [0.717, 1.165) is 40.8 Å². The number of aromatic nitrogens is 2. The third-order valence-corrected chi connectivity index (χ3v) is 13.5. The molecule has 0 radical (unpaired) electrons. The summed E-state index contributed by atoms with van der Waals surface area (Å²) in [5, 5.41) is 2.59. The maximum Gasteiger partial charge on any atom is 0.0987 e. The van der Waals surface area contributed by atoms with Gasteiger partial charge in [0.15, 0.2) is 0 Å². The molecule has 0 N–H and O–H groups in total. The monoisotopic (exact) mass is 678 g/mol. The Balaban J connectivity index is 1.05. The first kappa shape index (κ1) is 30.9. The molecule has 0 amide bonds. The molecule has 0 saturated carbocycles. The zero-order valence-electron chi connectivity index (χ0n) is 29.8. The summed E-state index contributed by atoms with van der Waals surface area (Å²) in [7, 11) is 0. The average Bonchev–Trinajstić information content (AvgIpc) is 3.55. The summed E-state index contributed by atoms with van der Waals surface area (Å²) in [5.41, 5.74) is 15.5. The standard InChI is InChI=1S/C48H42N2S/c1-47(2)24-25-48(3,4)40-28-38-31(27-39(40)47)26-37(32-12-5-6-13-33(32)38)29-20-22-30(23-21-29)44-45(50-42-18-9-8-17-41(42)49-44)36-16-11-15-35-34-14-7-10-19-43(34)51-46(35)36/h5-20,22-23,27-29,37H,21,24-26H2,1-4H3. The maximum atomic E-state index is 5.33. The number of hydrogen-bond acceptors (Lipinski definition) is 3. The van der Waals surface area contributed by atoms with Crippen molar-refractivity contribution in [2.24, 2.45) is 5.92 Å². The van der Waals surface area contributed by atoms with E-state index in [-0.39, 0.29) is 10.8 Å². The number of thiophene rings is 1. The zero-order chi connectivity index (χ0) is 34.5. The predicted molar refractivity (Wildman–Crippen MR) is 217 cm³/mol. The highest BCUT2D eigenvalue weighted by molar-refractivity contribution is 7.26. The molecule has 0 spiro atoms. The number of hydrogen-bond donors (Lipinski definition) is 0. The molecule has 0 aliphatic heterocycles. The van der Waals surface area contributed by atoms with Crippen LogP contribution in [0.2, 0.25) is 0 Å². The van der Waals surface area contributed by atoms with Gasteiger partial charge in [0.1, 0.15) is 0 Å². The number of benzene rings is 5. The Kier molecular flexibility index (Phi) is 6.86. The fourth-order valence-corrected chi connectivity index (χ4v) is 10.5. The molecule has 0 fully saturated rings. The summed E-state index contributed by atoms with van der Waals surface area (Å²) in [5.74, 6) is 0.835. The second-order valence-corrected chi connectivity index (χ2v) is 17.4. The Labute approximate surface area is 304 Å². The minimum atomic E-state index is 0.200. The third kappa shape index (κ3) is 4.88. The number of allylic oxidation sites excluding steroid dienone is 4. The number of rotatable bonds is 3. The highest BCUT2D eigenvalue weighted by atomic mass is 32.1. The highest BCUT2D eigenvalue weighted by Crippen LogP contribution is 2.52. The Morgan fingerprint density at radius 1 is 0.647 bits per heavy atom. The molecule has 7 aromatic rings. The van der Waals surface area contributed by atoms with Gasteiger partial charge in [0.2, 0.25) is 0 Å². The van der Waals surface area contributed by atoms with E-state index in [0.29, 0.717) is 11.8 Å². The van der Waals surface area contributed by atoms with E-state index in [9.17, 15) is 0 Å². The van der Waals surface area contributed by atoms with Gasteiger partial charge in [-0.15, -0.1) is 11.3 Å². The van der Waals surface area contributed by atoms with Gasteiger partial charge in [0.05, 0.1) is 22.4 Å². The van der Waals surface area contributed by atoms with Gasteiger partial charge < -0.3 is 0 Å². The quantitative estimate of drug-likeness (QED) is 0.186. The van der Waals surface area contributed by atoms with Crippen LogP contribution in [0.5, 0.6) is 0 Å². The highest BCUT2D eigenvalue weighted by Gasteiger charge is 2.39. The summed E-state index contributed by atoms with van der Waals surface area (Å²) < 4.78 is 2.58. The van der Waals surface area contributed by atoms with E-state index in [1.807, 2.05) is 11.3 Å². The Hall–Kier alpha value is -4.86. The van der Waals surface area contributed by atoms with Crippen molar-refractivity contribution < 1.29 is 0 Å². The molecule has 10 rings (SSSR count). The van der Waals surface area contributed by atoms with Gasteiger partial charge in [-0.3, -0.25) is 0 Å². The molecule has 2 heterocycles. The van der Waals surface area contributed by atoms with E-state index in [1.54, 1.807) is 11.1 Å². The van der Waals surface area contributed by atoms with Gasteiger partial charge in [0, 0.05) is 25.7 Å². The lowest BCUT2D eigenvalue weighted by atomic mass is 9.61. The molecule has 2 atom stereocenters. The molecule has 0 saturated heterocycles. The van der Waals surface area contributed by atoms with Crippen LogP contribution in [0, 0.1) is 5.92 Å². The molecule has 5 aromatic carbocycles. The molecule has 3 aliphatic rings. The maximum absolute atomic E-state index is 5.33. The van der Waals surface area contributed by atoms with Crippen LogP contribution in [0.3, 0.4) is 0 Å². The largest absolute Gasteiger partial charge is 0.244 e. The Morgan fingerprint density at radius 3 is 2.10 bits per heavy atom. The van der Waals surface area contributed by atoms with Gasteiger partial charge in [0.25, 0.3) is 0 Å². The van der Waals surface area contributed by atoms with Crippen LogP contribution in [0.15, 0.2) is 121 Å². The van der Waals surface area contributed by atoms with Crippen molar-refractivity contribution in [1.29, 1.82) is 0 Å². The summed E-state index contributed by atoms with van der Waals surface area (Å²) in [6.45, 7) is 9.78. The van der Waals surface area contributed by atoms with E-state index >= 15 is 0 Å². The lowest BCUT2D eigenvalue weighted by Gasteiger charge is -2.43. The number of nitrogens with zero attached hydrogens (tertiary/aromatic N) is 2. The summed E-state index contributed by atoms with van der Waals surface area (Å²) in [4.78, 5) is 10.7. The fraction of sp³-hybridized carbons (Fsp3) is 0.250. The molecular weight excluding hydrogens is 637 g/mol. The molecule has 2 aromatic heterocycles. The van der Waals surface area contributed by atoms with Crippen molar-refractivity contribution in [3.8, 4) is 22.4 Å². The van der Waals surface area contributed by atoms with Crippen LogP contribution in [0.4, 0.5) is 0 Å². The van der Waals surface area contributed by atoms with Crippen LogP contribution in [0.1, 0.15) is 80.8 Å². The molecule has 0 bridgehead atoms. The van der Waals surface area contributed by atoms with Crippen LogP contribution in [-0.4, -0.2) is 9.97 Å². The first-order chi connectivity index (χ1) is 24.7. The van der Waals surface area contributed by atoms with Crippen molar-refractivity contribution in [2.75, 3.05) is 0 Å². The molecule has 250 valence electrons. The van der Waals surface area contributed by atoms with Gasteiger partial charge in [-0.2, -0.15) is 0 Å². The predicted octanol–water partition coefficient (Wildman–Crippen LogP) is 13.0. The van der Waals surface area contributed by atoms with Gasteiger partial charge in [-0.1, -0.05) is 131 Å². The van der Waals surface area contributed by atoms with Gasteiger partial charge in [-0.25, -0.2) is 9.97 Å². The second kappa shape index (κ2) is 11.3. The first-order valence-corrected chi connectivity index (χ1v) is 19.4. The topological polar surface area (TPSA) is 25.8 Å². The summed E-state index contributed by atoms with van der Waals surface area (Å²) >= 11 is 1.85. The average molecular weight is 679 g/mol. The molecule has 2 nitrogen and oxygen atoms in total. The smallest absolute Gasteiger partial charge is 0.0987 e. The Bertz CT molecular complexity index is 2610. The molecule has 3 heteroatoms. The minimum Gasteiger partial charge on any atom is -0.244 e. The van der Waals surface area contributed by atoms with Gasteiger partial charge in [-0.05, 0) is 106 Å². The normalized spacial score (nSPS) is 20.2. The van der Waals surface area contributed by atoms with Crippen molar-refractivity contribution in [1.82, 2.24) is 9.97 Å². The Morgan fingerprint density at radius 2 is 1.31 bits per heavy atom. The van der Waals surface area contributed by atoms with Gasteiger partial charge >= 0.3 is 0 Å². The van der Waals surface area contributed by atoms with Crippen molar-refractivity contribution in [3.63, 3.8) is 0 Å². The third-order valence-electron chi connectivity index (χ3n) is 12.3. The number of fused-ring (bicyclic) bond motifs is 8. The first-order valence-electron chi connectivity index (χ1n) is 18.6. The SMILES string of the molecule is CC1(C)CCC(C)(C)c2cc3c(cc21)CC(C1C=CC(c2nc4ccccc4nc2-c2cccc4c2sc2ccccc24)=CC1)c1ccccc1-3. The van der Waals surface area contributed by atoms with E-state index in [1.165, 1.54) is 60.8 Å². The molecule has 2 unspecified atom stereocenters. The fourth-order valence-electron chi connectivity index (χ4n) is 9.31. The minimum absolute atomic E-state index is 0.200.